The number of benzene rings is 1. The molecule has 76 valence electrons. The van der Waals surface area contributed by atoms with Crippen LogP contribution in [0.2, 0.25) is 0 Å². The molecule has 0 spiro atoms. The smallest absolute Gasteiger partial charge is 0.0715 e. The van der Waals surface area contributed by atoms with Crippen molar-refractivity contribution in [1.29, 1.82) is 0 Å². The highest BCUT2D eigenvalue weighted by Gasteiger charge is 2.27. The molecule has 0 saturated carbocycles. The fourth-order valence-electron chi connectivity index (χ4n) is 2.26. The number of rotatable bonds is 2. The van der Waals surface area contributed by atoms with Gasteiger partial charge in [-0.3, -0.25) is 0 Å². The van der Waals surface area contributed by atoms with Crippen molar-refractivity contribution in [2.75, 3.05) is 7.11 Å². The second-order valence-electron chi connectivity index (χ2n) is 4.13. The minimum atomic E-state index is 0.210. The van der Waals surface area contributed by atoms with E-state index in [0.29, 0.717) is 12.5 Å². The minimum absolute atomic E-state index is 0.210. The molecule has 1 aromatic rings. The van der Waals surface area contributed by atoms with Crippen molar-refractivity contribution in [1.82, 2.24) is 0 Å². The van der Waals surface area contributed by atoms with E-state index in [4.69, 9.17) is 10.5 Å². The van der Waals surface area contributed by atoms with E-state index in [9.17, 15) is 0 Å². The molecule has 2 unspecified atom stereocenters. The van der Waals surface area contributed by atoms with Gasteiger partial charge in [0.05, 0.1) is 6.61 Å². The molecule has 0 bridgehead atoms. The molecule has 1 aliphatic rings. The number of hydrogen-bond acceptors (Lipinski definition) is 2. The Morgan fingerprint density at radius 3 is 3.00 bits per heavy atom. The highest BCUT2D eigenvalue weighted by molar-refractivity contribution is 5.41. The lowest BCUT2D eigenvalue weighted by Gasteiger charge is -2.09. The van der Waals surface area contributed by atoms with Crippen LogP contribution in [0.15, 0.2) is 18.2 Å². The first-order valence-corrected chi connectivity index (χ1v) is 5.09. The van der Waals surface area contributed by atoms with E-state index in [1.165, 1.54) is 16.7 Å². The number of methoxy groups -OCH3 is 1. The monoisotopic (exact) mass is 191 g/mol. The maximum atomic E-state index is 6.11. The van der Waals surface area contributed by atoms with Gasteiger partial charge in [0.2, 0.25) is 0 Å². The van der Waals surface area contributed by atoms with Gasteiger partial charge >= 0.3 is 0 Å². The zero-order chi connectivity index (χ0) is 10.1. The molecule has 2 rings (SSSR count). The molecule has 14 heavy (non-hydrogen) atoms. The summed E-state index contributed by atoms with van der Waals surface area (Å²) in [6.07, 6.45) is 1.09. The molecule has 1 aromatic carbocycles. The molecule has 0 fully saturated rings. The predicted molar refractivity (Wildman–Crippen MR) is 57.0 cm³/mol. The zero-order valence-corrected chi connectivity index (χ0v) is 8.79. The van der Waals surface area contributed by atoms with Crippen LogP contribution in [0.4, 0.5) is 0 Å². The van der Waals surface area contributed by atoms with Crippen LogP contribution in [0.1, 0.15) is 29.7 Å². The predicted octanol–water partition coefficient (Wildman–Crippen LogP) is 2.02. The van der Waals surface area contributed by atoms with Gasteiger partial charge in [-0.25, -0.2) is 0 Å². The zero-order valence-electron chi connectivity index (χ0n) is 8.79. The van der Waals surface area contributed by atoms with Crippen molar-refractivity contribution in [3.63, 3.8) is 0 Å². The van der Waals surface area contributed by atoms with E-state index in [-0.39, 0.29) is 6.04 Å². The summed E-state index contributed by atoms with van der Waals surface area (Å²) in [7, 11) is 1.73. The molecule has 0 aliphatic heterocycles. The molecule has 2 N–H and O–H groups in total. The Bertz CT molecular complexity index is 335. The molecule has 2 heteroatoms. The van der Waals surface area contributed by atoms with Crippen LogP contribution >= 0.6 is 0 Å². The Morgan fingerprint density at radius 1 is 1.50 bits per heavy atom. The number of ether oxygens (including phenoxy) is 1. The third kappa shape index (κ3) is 1.45. The fourth-order valence-corrected chi connectivity index (χ4v) is 2.26. The van der Waals surface area contributed by atoms with Crippen molar-refractivity contribution < 1.29 is 4.74 Å². The second-order valence-corrected chi connectivity index (χ2v) is 4.13. The van der Waals surface area contributed by atoms with Crippen molar-refractivity contribution >= 4 is 0 Å². The Balaban J connectivity index is 2.40. The molecule has 0 aromatic heterocycles. The van der Waals surface area contributed by atoms with Crippen molar-refractivity contribution in [3.05, 3.63) is 34.9 Å². The average molecular weight is 191 g/mol. The van der Waals surface area contributed by atoms with Crippen LogP contribution in [0.3, 0.4) is 0 Å². The maximum absolute atomic E-state index is 6.11. The summed E-state index contributed by atoms with van der Waals surface area (Å²) in [5.41, 5.74) is 10.1. The first kappa shape index (κ1) is 9.69. The van der Waals surface area contributed by atoms with Gasteiger partial charge in [-0.1, -0.05) is 25.1 Å². The minimum Gasteiger partial charge on any atom is -0.380 e. The first-order chi connectivity index (χ1) is 6.74. The highest BCUT2D eigenvalue weighted by Crippen LogP contribution is 2.35. The van der Waals surface area contributed by atoms with Crippen LogP contribution in [0.25, 0.3) is 0 Å². The summed E-state index contributed by atoms with van der Waals surface area (Å²) in [6, 6.07) is 6.56. The quantitative estimate of drug-likeness (QED) is 0.776. The SMILES string of the molecule is COCc1cccc2c1CC(C)C2N. The molecule has 2 nitrogen and oxygen atoms in total. The summed E-state index contributed by atoms with van der Waals surface area (Å²) in [5.74, 6) is 0.558. The van der Waals surface area contributed by atoms with Crippen LogP contribution in [-0.4, -0.2) is 7.11 Å². The fraction of sp³-hybridized carbons (Fsp3) is 0.500. The Morgan fingerprint density at radius 2 is 2.29 bits per heavy atom. The summed E-state index contributed by atoms with van der Waals surface area (Å²) in [4.78, 5) is 0. The van der Waals surface area contributed by atoms with Crippen molar-refractivity contribution in [2.24, 2.45) is 11.7 Å². The van der Waals surface area contributed by atoms with Gasteiger partial charge in [0, 0.05) is 13.2 Å². The van der Waals surface area contributed by atoms with Crippen molar-refractivity contribution in [2.45, 2.75) is 26.0 Å². The van der Waals surface area contributed by atoms with Gasteiger partial charge in [0.15, 0.2) is 0 Å². The van der Waals surface area contributed by atoms with E-state index >= 15 is 0 Å². The second kappa shape index (κ2) is 3.71. The standard InChI is InChI=1S/C12H17NO/c1-8-6-11-9(7-14-2)4-3-5-10(11)12(8)13/h3-5,8,12H,6-7,13H2,1-2H3. The molecule has 0 saturated heterocycles. The normalized spacial score (nSPS) is 25.1. The van der Waals surface area contributed by atoms with E-state index < -0.39 is 0 Å². The van der Waals surface area contributed by atoms with Gasteiger partial charge in [-0.05, 0) is 29.0 Å². The van der Waals surface area contributed by atoms with E-state index in [2.05, 4.69) is 25.1 Å². The van der Waals surface area contributed by atoms with Gasteiger partial charge in [0.1, 0.15) is 0 Å². The summed E-state index contributed by atoms with van der Waals surface area (Å²) < 4.78 is 5.18. The van der Waals surface area contributed by atoms with Crippen LogP contribution in [0, 0.1) is 5.92 Å². The summed E-state index contributed by atoms with van der Waals surface area (Å²) >= 11 is 0. The lowest BCUT2D eigenvalue weighted by atomic mass is 10.0. The largest absolute Gasteiger partial charge is 0.380 e. The third-order valence-corrected chi connectivity index (χ3v) is 3.11. The molecular weight excluding hydrogens is 174 g/mol. The molecule has 2 atom stereocenters. The molecule has 0 amide bonds. The first-order valence-electron chi connectivity index (χ1n) is 5.09. The van der Waals surface area contributed by atoms with Crippen LogP contribution in [-0.2, 0) is 17.8 Å². The summed E-state index contributed by atoms with van der Waals surface area (Å²) in [6.45, 7) is 2.91. The van der Waals surface area contributed by atoms with E-state index in [0.717, 1.165) is 6.42 Å². The van der Waals surface area contributed by atoms with Gasteiger partial charge in [-0.2, -0.15) is 0 Å². The lowest BCUT2D eigenvalue weighted by molar-refractivity contribution is 0.184. The molecule has 1 aliphatic carbocycles. The topological polar surface area (TPSA) is 35.2 Å². The van der Waals surface area contributed by atoms with Gasteiger partial charge in [-0.15, -0.1) is 0 Å². The van der Waals surface area contributed by atoms with Crippen LogP contribution < -0.4 is 5.73 Å². The Labute approximate surface area is 85.1 Å². The van der Waals surface area contributed by atoms with E-state index in [1.807, 2.05) is 0 Å². The van der Waals surface area contributed by atoms with Crippen molar-refractivity contribution in [3.8, 4) is 0 Å². The third-order valence-electron chi connectivity index (χ3n) is 3.11. The Hall–Kier alpha value is -0.860. The number of fused-ring (bicyclic) bond motifs is 1. The molecular formula is C12H17NO. The van der Waals surface area contributed by atoms with Gasteiger partial charge in [0.25, 0.3) is 0 Å². The lowest BCUT2D eigenvalue weighted by Crippen LogP contribution is -2.13. The average Bonchev–Trinajstić information content (AvgIpc) is 2.46. The van der Waals surface area contributed by atoms with Gasteiger partial charge < -0.3 is 10.5 Å². The number of nitrogens with two attached hydrogens (primary N) is 1. The number of hydrogen-bond donors (Lipinski definition) is 1. The molecule has 0 heterocycles. The Kier molecular flexibility index (Phi) is 2.57. The van der Waals surface area contributed by atoms with E-state index in [1.54, 1.807) is 7.11 Å². The maximum Gasteiger partial charge on any atom is 0.0715 e. The summed E-state index contributed by atoms with van der Waals surface area (Å²) in [5, 5.41) is 0. The highest BCUT2D eigenvalue weighted by atomic mass is 16.5. The molecule has 0 radical (unpaired) electrons. The van der Waals surface area contributed by atoms with Crippen LogP contribution in [0.5, 0.6) is 0 Å².